The monoisotopic (exact) mass is 335 g/mol. The molecule has 124 valence electrons. The fourth-order valence-electron chi connectivity index (χ4n) is 2.70. The molecular weight excluding hydrogens is 321 g/mol. The van der Waals surface area contributed by atoms with Crippen molar-refractivity contribution in [2.75, 3.05) is 0 Å². The smallest absolute Gasteiger partial charge is 0.240 e. The Kier molecular flexibility index (Phi) is 3.81. The van der Waals surface area contributed by atoms with Gasteiger partial charge < -0.3 is 0 Å². The number of pyridine rings is 1. The average molecular weight is 335 g/mol. The highest BCUT2D eigenvalue weighted by Gasteiger charge is 2.18. The molecule has 0 saturated carbocycles. The van der Waals surface area contributed by atoms with Gasteiger partial charge >= 0.3 is 0 Å². The predicted molar refractivity (Wildman–Crippen MR) is 91.1 cm³/mol. The molecule has 0 aliphatic carbocycles. The maximum absolute atomic E-state index is 13.3. The third-order valence-electron chi connectivity index (χ3n) is 3.97. The summed E-state index contributed by atoms with van der Waals surface area (Å²) in [4.78, 5) is 15.3. The molecule has 1 amide bonds. The molecule has 1 aliphatic rings. The Morgan fingerprint density at radius 1 is 1.00 bits per heavy atom. The molecule has 1 N–H and O–H groups in total. The highest BCUT2D eigenvalue weighted by atomic mass is 19.1. The highest BCUT2D eigenvalue weighted by Crippen LogP contribution is 2.31. The lowest BCUT2D eigenvalue weighted by Gasteiger charge is -2.11. The maximum Gasteiger partial charge on any atom is 0.240 e. The normalized spacial score (nSPS) is 14.1. The van der Waals surface area contributed by atoms with Gasteiger partial charge in [-0.25, -0.2) is 14.5 Å². The first-order valence-corrected chi connectivity index (χ1v) is 7.82. The summed E-state index contributed by atoms with van der Waals surface area (Å²) in [5.41, 5.74) is 5.82. The highest BCUT2D eigenvalue weighted by molar-refractivity contribution is 5.93. The second-order valence-corrected chi connectivity index (χ2v) is 5.64. The van der Waals surface area contributed by atoms with Crippen LogP contribution in [0.2, 0.25) is 0 Å². The second kappa shape index (κ2) is 6.27. The summed E-state index contributed by atoms with van der Waals surface area (Å²) in [6.45, 7) is 0. The fourth-order valence-corrected chi connectivity index (χ4v) is 2.70. The summed E-state index contributed by atoms with van der Waals surface area (Å²) >= 11 is 0. The molecule has 0 spiro atoms. The topological polar surface area (TPSA) is 72.2 Å². The SMILES string of the molecule is O=C1CCC(n2cc(-c3ccncc3)c(-c3ccc(F)cc3)n2)=NN1. The van der Waals surface area contributed by atoms with Crippen LogP contribution in [0.4, 0.5) is 4.39 Å². The molecule has 4 rings (SSSR count). The van der Waals surface area contributed by atoms with Gasteiger partial charge in [-0.15, -0.1) is 0 Å². The molecule has 0 radical (unpaired) electrons. The van der Waals surface area contributed by atoms with Crippen molar-refractivity contribution >= 4 is 11.7 Å². The summed E-state index contributed by atoms with van der Waals surface area (Å²) in [6, 6.07) is 9.97. The minimum absolute atomic E-state index is 0.107. The van der Waals surface area contributed by atoms with Gasteiger partial charge in [-0.3, -0.25) is 9.78 Å². The number of benzene rings is 1. The van der Waals surface area contributed by atoms with Crippen LogP contribution in [-0.4, -0.2) is 26.5 Å². The van der Waals surface area contributed by atoms with Gasteiger partial charge in [-0.2, -0.15) is 10.2 Å². The number of aromatic nitrogens is 3. The molecule has 0 bridgehead atoms. The van der Waals surface area contributed by atoms with E-state index in [9.17, 15) is 9.18 Å². The van der Waals surface area contributed by atoms with E-state index in [0.717, 1.165) is 16.7 Å². The van der Waals surface area contributed by atoms with Gasteiger partial charge in [0.05, 0.1) is 0 Å². The van der Waals surface area contributed by atoms with Crippen molar-refractivity contribution in [3.05, 3.63) is 60.8 Å². The van der Waals surface area contributed by atoms with Crippen molar-refractivity contribution in [3.8, 4) is 22.4 Å². The Bertz CT molecular complexity index is 947. The molecule has 0 atom stereocenters. The number of amides is 1. The number of nitrogens with zero attached hydrogens (tertiary/aromatic N) is 4. The van der Waals surface area contributed by atoms with Crippen LogP contribution in [0.1, 0.15) is 12.8 Å². The summed E-state index contributed by atoms with van der Waals surface area (Å²) in [5.74, 6) is 0.250. The molecule has 0 fully saturated rings. The lowest BCUT2D eigenvalue weighted by Crippen LogP contribution is -2.29. The Hall–Kier alpha value is -3.35. The summed E-state index contributed by atoms with van der Waals surface area (Å²) in [6.07, 6.45) is 6.16. The average Bonchev–Trinajstić information content (AvgIpc) is 3.09. The van der Waals surface area contributed by atoms with Gasteiger partial charge in [-0.05, 0) is 42.0 Å². The Morgan fingerprint density at radius 3 is 2.44 bits per heavy atom. The van der Waals surface area contributed by atoms with E-state index < -0.39 is 0 Å². The van der Waals surface area contributed by atoms with Crippen molar-refractivity contribution in [2.24, 2.45) is 5.10 Å². The number of hydrazone groups is 1. The minimum Gasteiger partial charge on any atom is -0.273 e. The second-order valence-electron chi connectivity index (χ2n) is 5.64. The molecule has 7 heteroatoms. The first-order chi connectivity index (χ1) is 12.2. The zero-order chi connectivity index (χ0) is 17.2. The Morgan fingerprint density at radius 2 is 1.76 bits per heavy atom. The molecule has 6 nitrogen and oxygen atoms in total. The van der Waals surface area contributed by atoms with Gasteiger partial charge in [-0.1, -0.05) is 0 Å². The van der Waals surface area contributed by atoms with Crippen molar-refractivity contribution in [3.63, 3.8) is 0 Å². The first-order valence-electron chi connectivity index (χ1n) is 7.82. The van der Waals surface area contributed by atoms with Crippen molar-refractivity contribution in [2.45, 2.75) is 12.8 Å². The van der Waals surface area contributed by atoms with Crippen LogP contribution in [-0.2, 0) is 4.79 Å². The fraction of sp³-hybridized carbons (Fsp3) is 0.111. The van der Waals surface area contributed by atoms with E-state index in [1.165, 1.54) is 12.1 Å². The van der Waals surface area contributed by atoms with Gasteiger partial charge in [0.1, 0.15) is 11.5 Å². The quantitative estimate of drug-likeness (QED) is 0.783. The molecular formula is C18H14FN5O. The van der Waals surface area contributed by atoms with Crippen LogP contribution in [0.25, 0.3) is 22.4 Å². The molecule has 1 aromatic carbocycles. The van der Waals surface area contributed by atoms with Gasteiger partial charge in [0.25, 0.3) is 0 Å². The van der Waals surface area contributed by atoms with Crippen LogP contribution in [0, 0.1) is 5.82 Å². The number of rotatable bonds is 2. The zero-order valence-electron chi connectivity index (χ0n) is 13.2. The number of nitrogens with one attached hydrogen (secondary N) is 1. The summed E-state index contributed by atoms with van der Waals surface area (Å²) in [5, 5.41) is 8.71. The van der Waals surface area contributed by atoms with Gasteiger partial charge in [0.2, 0.25) is 5.91 Å². The number of carbonyl (C=O) groups is 1. The third-order valence-corrected chi connectivity index (χ3v) is 3.97. The molecule has 25 heavy (non-hydrogen) atoms. The lowest BCUT2D eigenvalue weighted by molar-refractivity contribution is -0.121. The molecule has 0 unspecified atom stereocenters. The Balaban J connectivity index is 1.83. The number of hydrogen-bond donors (Lipinski definition) is 1. The van der Waals surface area contributed by atoms with Crippen molar-refractivity contribution < 1.29 is 9.18 Å². The van der Waals surface area contributed by atoms with E-state index in [2.05, 4.69) is 20.6 Å². The molecule has 3 heterocycles. The predicted octanol–water partition coefficient (Wildman–Crippen LogP) is 2.82. The number of halogens is 1. The summed E-state index contributed by atoms with van der Waals surface area (Å²) < 4.78 is 14.9. The van der Waals surface area contributed by atoms with Gasteiger partial charge in [0, 0.05) is 42.6 Å². The molecule has 0 saturated heterocycles. The lowest BCUT2D eigenvalue weighted by atomic mass is 10.0. The van der Waals surface area contributed by atoms with E-state index in [1.54, 1.807) is 29.2 Å². The molecule has 2 aromatic heterocycles. The number of hydrogen-bond acceptors (Lipinski definition) is 4. The van der Waals surface area contributed by atoms with Crippen LogP contribution in [0.3, 0.4) is 0 Å². The summed E-state index contributed by atoms with van der Waals surface area (Å²) in [7, 11) is 0. The van der Waals surface area contributed by atoms with Crippen LogP contribution in [0.5, 0.6) is 0 Å². The van der Waals surface area contributed by atoms with Crippen molar-refractivity contribution in [1.29, 1.82) is 0 Å². The Labute approximate surface area is 143 Å². The first kappa shape index (κ1) is 15.2. The third kappa shape index (κ3) is 3.03. The van der Waals surface area contributed by atoms with Crippen LogP contribution >= 0.6 is 0 Å². The molecule has 1 aliphatic heterocycles. The minimum atomic E-state index is -0.298. The van der Waals surface area contributed by atoms with E-state index in [1.807, 2.05) is 18.3 Å². The van der Waals surface area contributed by atoms with E-state index in [0.29, 0.717) is 24.4 Å². The van der Waals surface area contributed by atoms with Gasteiger partial charge in [0.15, 0.2) is 5.84 Å². The van der Waals surface area contributed by atoms with E-state index >= 15 is 0 Å². The van der Waals surface area contributed by atoms with Crippen LogP contribution < -0.4 is 5.43 Å². The van der Waals surface area contributed by atoms with E-state index in [-0.39, 0.29) is 11.7 Å². The standard InChI is InChI=1S/C18H14FN5O/c19-14-3-1-13(2-4-14)18-15(12-7-9-20-10-8-12)11-24(23-18)16-5-6-17(25)22-21-16/h1-4,7-11H,5-6H2,(H,22,25). The molecule has 3 aromatic rings. The van der Waals surface area contributed by atoms with Crippen molar-refractivity contribution in [1.82, 2.24) is 20.2 Å². The largest absolute Gasteiger partial charge is 0.273 e. The van der Waals surface area contributed by atoms with E-state index in [4.69, 9.17) is 0 Å². The van der Waals surface area contributed by atoms with Crippen LogP contribution in [0.15, 0.2) is 60.1 Å². The maximum atomic E-state index is 13.3. The number of carbonyl (C=O) groups excluding carboxylic acids is 1. The zero-order valence-corrected chi connectivity index (χ0v) is 13.2.